The van der Waals surface area contributed by atoms with Crippen molar-refractivity contribution in [2.75, 3.05) is 5.75 Å². The summed E-state index contributed by atoms with van der Waals surface area (Å²) in [5.41, 5.74) is 1.67. The molecule has 0 aliphatic carbocycles. The highest BCUT2D eigenvalue weighted by atomic mass is 32.2. The van der Waals surface area contributed by atoms with Crippen molar-refractivity contribution in [1.29, 1.82) is 0 Å². The van der Waals surface area contributed by atoms with Gasteiger partial charge in [-0.25, -0.2) is 0 Å². The van der Waals surface area contributed by atoms with E-state index in [0.29, 0.717) is 12.8 Å². The van der Waals surface area contributed by atoms with Crippen molar-refractivity contribution >= 4 is 17.5 Å². The number of carbonyl (C=O) groups excluding carboxylic acids is 1. The number of rotatable bonds is 5. The molecule has 1 aliphatic rings. The van der Waals surface area contributed by atoms with E-state index in [1.165, 1.54) is 0 Å². The summed E-state index contributed by atoms with van der Waals surface area (Å²) in [7, 11) is 0. The van der Waals surface area contributed by atoms with E-state index in [-0.39, 0.29) is 28.9 Å². The summed E-state index contributed by atoms with van der Waals surface area (Å²) < 4.78 is 0. The maximum atomic E-state index is 12.3. The van der Waals surface area contributed by atoms with Crippen LogP contribution in [0.4, 0.5) is 0 Å². The van der Waals surface area contributed by atoms with E-state index >= 15 is 0 Å². The van der Waals surface area contributed by atoms with E-state index in [1.54, 1.807) is 23.9 Å². The van der Waals surface area contributed by atoms with E-state index < -0.39 is 0 Å². The summed E-state index contributed by atoms with van der Waals surface area (Å²) in [5.74, 6) is 0.733. The molecule has 2 aromatic rings. The van der Waals surface area contributed by atoms with Gasteiger partial charge in [-0.05, 0) is 29.7 Å². The second-order valence-corrected chi connectivity index (χ2v) is 7.88. The Morgan fingerprint density at radius 1 is 1.19 bits per heavy atom. The summed E-state index contributed by atoms with van der Waals surface area (Å²) in [6, 6.07) is 13.1. The number of Topliss-reactive ketones (excluding diaryl/α,β-unsaturated/α-hetero) is 1. The fourth-order valence-electron chi connectivity index (χ4n) is 3.41. The molecule has 3 rings (SSSR count). The molecule has 0 aromatic heterocycles. The molecule has 4 nitrogen and oxygen atoms in total. The summed E-state index contributed by atoms with van der Waals surface area (Å²) in [5, 5.41) is 23.7. The fourth-order valence-corrected chi connectivity index (χ4v) is 4.77. The van der Waals surface area contributed by atoms with Gasteiger partial charge in [0.25, 0.3) is 0 Å². The molecule has 0 bridgehead atoms. The van der Waals surface area contributed by atoms with Gasteiger partial charge in [0.2, 0.25) is 0 Å². The molecule has 0 saturated heterocycles. The minimum Gasteiger partial charge on any atom is -0.504 e. The molecular formula is C21H25NO3S. The highest BCUT2D eigenvalue weighted by molar-refractivity contribution is 7.99. The molecule has 3 N–H and O–H groups in total. The third-order valence-electron chi connectivity index (χ3n) is 5.11. The number of carbonyl (C=O) groups is 1. The number of hydrogen-bond acceptors (Lipinski definition) is 5. The van der Waals surface area contributed by atoms with Crippen LogP contribution in [0.1, 0.15) is 50.3 Å². The Labute approximate surface area is 158 Å². The molecule has 2 atom stereocenters. The van der Waals surface area contributed by atoms with Crippen molar-refractivity contribution in [3.05, 3.63) is 53.6 Å². The molecule has 0 spiro atoms. The van der Waals surface area contributed by atoms with E-state index in [1.807, 2.05) is 37.3 Å². The Morgan fingerprint density at radius 3 is 2.54 bits per heavy atom. The zero-order chi connectivity index (χ0) is 18.7. The fraction of sp³-hybridized carbons (Fsp3) is 0.381. The lowest BCUT2D eigenvalue weighted by molar-refractivity contribution is -0.120. The second kappa shape index (κ2) is 7.72. The lowest BCUT2D eigenvalue weighted by atomic mass is 9.87. The van der Waals surface area contributed by atoms with Gasteiger partial charge in [-0.2, -0.15) is 0 Å². The highest BCUT2D eigenvalue weighted by Crippen LogP contribution is 2.44. The molecule has 2 aromatic carbocycles. The van der Waals surface area contributed by atoms with Gasteiger partial charge in [-0.3, -0.25) is 10.1 Å². The molecule has 5 heteroatoms. The lowest BCUT2D eigenvalue weighted by Crippen LogP contribution is -2.49. The topological polar surface area (TPSA) is 69.6 Å². The van der Waals surface area contributed by atoms with E-state index in [0.717, 1.165) is 28.2 Å². The molecule has 138 valence electrons. The summed E-state index contributed by atoms with van der Waals surface area (Å²) in [6.45, 7) is 4.00. The Kier molecular flexibility index (Phi) is 5.58. The quantitative estimate of drug-likeness (QED) is 0.680. The first-order valence-corrected chi connectivity index (χ1v) is 9.99. The molecule has 1 heterocycles. The average Bonchev–Trinajstić information content (AvgIpc) is 2.81. The van der Waals surface area contributed by atoms with Crippen LogP contribution in [0.25, 0.3) is 0 Å². The Bertz CT molecular complexity index is 793. The van der Waals surface area contributed by atoms with E-state index in [4.69, 9.17) is 0 Å². The van der Waals surface area contributed by atoms with Crippen molar-refractivity contribution in [2.45, 2.75) is 49.6 Å². The standard InChI is InChI=1S/C21H25NO3S/c1-3-15(23)12-21(4-2)13-26-19-11-18(25)17(24)10-16(19)20(22-21)14-8-6-5-7-9-14/h5-11,20,22,24-25H,3-4,12-13H2,1-2H3/t20-,21-/m0/s1. The van der Waals surface area contributed by atoms with Crippen LogP contribution in [0.5, 0.6) is 11.5 Å². The minimum atomic E-state index is -0.331. The maximum absolute atomic E-state index is 12.3. The van der Waals surface area contributed by atoms with Crippen LogP contribution in [0.15, 0.2) is 47.4 Å². The third-order valence-corrected chi connectivity index (χ3v) is 6.47. The van der Waals surface area contributed by atoms with Crippen LogP contribution in [-0.4, -0.2) is 27.3 Å². The summed E-state index contributed by atoms with van der Waals surface area (Å²) in [6.07, 6.45) is 1.82. The normalized spacial score (nSPS) is 22.5. The van der Waals surface area contributed by atoms with Crippen molar-refractivity contribution in [1.82, 2.24) is 5.32 Å². The van der Waals surface area contributed by atoms with Crippen LogP contribution in [0.3, 0.4) is 0 Å². The Balaban J connectivity index is 2.10. The first kappa shape index (κ1) is 18.8. The zero-order valence-electron chi connectivity index (χ0n) is 15.2. The number of phenolic OH excluding ortho intramolecular Hbond substituents is 2. The molecule has 0 amide bonds. The zero-order valence-corrected chi connectivity index (χ0v) is 16.0. The molecule has 0 saturated carbocycles. The van der Waals surface area contributed by atoms with Crippen molar-refractivity contribution in [3.63, 3.8) is 0 Å². The lowest BCUT2D eigenvalue weighted by Gasteiger charge is -2.35. The van der Waals surface area contributed by atoms with Gasteiger partial charge in [0.05, 0.1) is 6.04 Å². The summed E-state index contributed by atoms with van der Waals surface area (Å²) >= 11 is 1.63. The molecule has 0 fully saturated rings. The SMILES string of the molecule is CCC(=O)C[C@@]1(CC)CSc2cc(O)c(O)cc2[C@H](c2ccccc2)N1. The number of ketones is 1. The average molecular weight is 372 g/mol. The number of benzene rings is 2. The third kappa shape index (κ3) is 3.74. The van der Waals surface area contributed by atoms with Crippen LogP contribution in [0.2, 0.25) is 0 Å². The van der Waals surface area contributed by atoms with Gasteiger partial charge >= 0.3 is 0 Å². The van der Waals surface area contributed by atoms with Gasteiger partial charge in [-0.1, -0.05) is 44.2 Å². The molecule has 26 heavy (non-hydrogen) atoms. The van der Waals surface area contributed by atoms with Gasteiger partial charge in [0.15, 0.2) is 11.5 Å². The number of aromatic hydroxyl groups is 2. The maximum Gasteiger partial charge on any atom is 0.158 e. The molecule has 1 aliphatic heterocycles. The number of nitrogens with one attached hydrogen (secondary N) is 1. The monoisotopic (exact) mass is 371 g/mol. The number of thioether (sulfide) groups is 1. The summed E-state index contributed by atoms with van der Waals surface area (Å²) in [4.78, 5) is 13.2. The van der Waals surface area contributed by atoms with Crippen LogP contribution >= 0.6 is 11.8 Å². The second-order valence-electron chi connectivity index (χ2n) is 6.86. The number of phenols is 2. The van der Waals surface area contributed by atoms with E-state index in [9.17, 15) is 15.0 Å². The first-order valence-electron chi connectivity index (χ1n) is 9.01. The first-order chi connectivity index (χ1) is 12.5. The van der Waals surface area contributed by atoms with Crippen LogP contribution in [0, 0.1) is 0 Å². The molecule has 0 radical (unpaired) electrons. The van der Waals surface area contributed by atoms with Gasteiger partial charge in [0, 0.05) is 29.0 Å². The molecular weight excluding hydrogens is 346 g/mol. The van der Waals surface area contributed by atoms with Crippen molar-refractivity contribution in [2.24, 2.45) is 0 Å². The van der Waals surface area contributed by atoms with Gasteiger partial charge < -0.3 is 10.2 Å². The van der Waals surface area contributed by atoms with Crippen molar-refractivity contribution < 1.29 is 15.0 Å². The van der Waals surface area contributed by atoms with E-state index in [2.05, 4.69) is 12.2 Å². The highest BCUT2D eigenvalue weighted by Gasteiger charge is 2.37. The smallest absolute Gasteiger partial charge is 0.158 e. The minimum absolute atomic E-state index is 0.114. The van der Waals surface area contributed by atoms with Crippen LogP contribution < -0.4 is 5.32 Å². The largest absolute Gasteiger partial charge is 0.504 e. The van der Waals surface area contributed by atoms with Crippen molar-refractivity contribution in [3.8, 4) is 11.5 Å². The van der Waals surface area contributed by atoms with Gasteiger partial charge in [0.1, 0.15) is 5.78 Å². The van der Waals surface area contributed by atoms with Gasteiger partial charge in [-0.15, -0.1) is 11.8 Å². The van der Waals surface area contributed by atoms with Crippen LogP contribution in [-0.2, 0) is 4.79 Å². The Hall–Kier alpha value is -1.98. The Morgan fingerprint density at radius 2 is 1.88 bits per heavy atom. The number of hydrogen-bond donors (Lipinski definition) is 3. The predicted octanol–water partition coefficient (Wildman–Crippen LogP) is 4.40. The predicted molar refractivity (Wildman–Crippen MR) is 105 cm³/mol. The number of fused-ring (bicyclic) bond motifs is 1. The molecule has 0 unspecified atom stereocenters.